The van der Waals surface area contributed by atoms with Crippen LogP contribution in [0.2, 0.25) is 5.02 Å². The number of anilines is 1. The smallest absolute Gasteiger partial charge is 0.269 e. The molecule has 1 N–H and O–H groups in total. The number of hydrogen-bond acceptors (Lipinski definition) is 3. The molecule has 0 aromatic heterocycles. The molecule has 82 valence electrons. The van der Waals surface area contributed by atoms with Crippen molar-refractivity contribution < 1.29 is 14.4 Å². The van der Waals surface area contributed by atoms with Gasteiger partial charge in [-0.2, -0.15) is 0 Å². The van der Waals surface area contributed by atoms with E-state index in [1.165, 1.54) is 6.07 Å². The van der Waals surface area contributed by atoms with Gasteiger partial charge in [0.05, 0.1) is 5.69 Å². The number of rotatable bonds is 1. The third-order valence-electron chi connectivity index (χ3n) is 2.23. The van der Waals surface area contributed by atoms with Gasteiger partial charge in [0, 0.05) is 5.02 Å². The van der Waals surface area contributed by atoms with Gasteiger partial charge in [0.1, 0.15) is 0 Å². The van der Waals surface area contributed by atoms with Gasteiger partial charge in [0.15, 0.2) is 0 Å². The highest BCUT2D eigenvalue weighted by atomic mass is 35.5. The Morgan fingerprint density at radius 1 is 1.25 bits per heavy atom. The van der Waals surface area contributed by atoms with Gasteiger partial charge < -0.3 is 0 Å². The summed E-state index contributed by atoms with van der Waals surface area (Å²) < 4.78 is 0. The zero-order chi connectivity index (χ0) is 11.9. The van der Waals surface area contributed by atoms with E-state index < -0.39 is 17.8 Å². The third kappa shape index (κ3) is 1.55. The van der Waals surface area contributed by atoms with Crippen molar-refractivity contribution in [3.05, 3.63) is 28.8 Å². The van der Waals surface area contributed by atoms with Gasteiger partial charge in [-0.15, -0.1) is 0 Å². The molecule has 1 fully saturated rings. The van der Waals surface area contributed by atoms with Crippen molar-refractivity contribution in [2.75, 3.05) is 4.90 Å². The zero-order valence-electron chi connectivity index (χ0n) is 8.28. The average molecular weight is 239 g/mol. The number of hydrogen-bond donors (Lipinski definition) is 1. The number of urea groups is 1. The van der Waals surface area contributed by atoms with Crippen molar-refractivity contribution in [3.8, 4) is 0 Å². The van der Waals surface area contributed by atoms with Crippen LogP contribution in [-0.2, 0) is 9.59 Å². The molecule has 6 heteroatoms. The minimum atomic E-state index is -0.929. The van der Waals surface area contributed by atoms with E-state index in [2.05, 4.69) is 0 Å². The SMILES string of the molecule is Cc1ccc(N2C(=O)NC(=O)C2=O)cc1Cl. The van der Waals surface area contributed by atoms with E-state index in [4.69, 9.17) is 11.6 Å². The van der Waals surface area contributed by atoms with Crippen LogP contribution in [0.1, 0.15) is 5.56 Å². The highest BCUT2D eigenvalue weighted by molar-refractivity contribution is 6.53. The van der Waals surface area contributed by atoms with E-state index in [1.807, 2.05) is 5.32 Å². The quantitative estimate of drug-likeness (QED) is 0.591. The Kier molecular flexibility index (Phi) is 2.40. The molecular weight excluding hydrogens is 232 g/mol. The maximum atomic E-state index is 11.4. The molecule has 0 atom stereocenters. The van der Waals surface area contributed by atoms with Crippen LogP contribution in [-0.4, -0.2) is 17.8 Å². The lowest BCUT2D eigenvalue weighted by molar-refractivity contribution is -0.134. The van der Waals surface area contributed by atoms with Crippen LogP contribution in [0.15, 0.2) is 18.2 Å². The summed E-state index contributed by atoms with van der Waals surface area (Å²) in [5, 5.41) is 2.33. The van der Waals surface area contributed by atoms with Crippen LogP contribution in [0.5, 0.6) is 0 Å². The van der Waals surface area contributed by atoms with Gasteiger partial charge in [0.2, 0.25) is 0 Å². The number of imide groups is 2. The molecule has 5 nitrogen and oxygen atoms in total. The molecule has 0 unspecified atom stereocenters. The molecule has 0 aliphatic carbocycles. The van der Waals surface area contributed by atoms with Gasteiger partial charge in [-0.3, -0.25) is 14.9 Å². The minimum absolute atomic E-state index is 0.281. The van der Waals surface area contributed by atoms with Crippen LogP contribution in [0.25, 0.3) is 0 Å². The van der Waals surface area contributed by atoms with Crippen molar-refractivity contribution in [1.29, 1.82) is 0 Å². The number of nitrogens with zero attached hydrogens (tertiary/aromatic N) is 1. The largest absolute Gasteiger partial charge is 0.336 e. The van der Waals surface area contributed by atoms with Gasteiger partial charge in [0.25, 0.3) is 0 Å². The number of carbonyl (C=O) groups excluding carboxylic acids is 3. The van der Waals surface area contributed by atoms with Crippen LogP contribution in [0, 0.1) is 6.92 Å². The molecule has 1 saturated heterocycles. The summed E-state index contributed by atoms with van der Waals surface area (Å²) in [6, 6.07) is 3.93. The molecule has 0 saturated carbocycles. The summed E-state index contributed by atoms with van der Waals surface area (Å²) in [6.07, 6.45) is 0. The second-order valence-corrected chi connectivity index (χ2v) is 3.74. The van der Waals surface area contributed by atoms with Gasteiger partial charge in [-0.05, 0) is 24.6 Å². The molecule has 1 aliphatic heterocycles. The Labute approximate surface area is 96.0 Å². The number of benzene rings is 1. The van der Waals surface area contributed by atoms with Gasteiger partial charge >= 0.3 is 17.8 Å². The fraction of sp³-hybridized carbons (Fsp3) is 0.100. The minimum Gasteiger partial charge on any atom is -0.269 e. The molecule has 1 aliphatic rings. The molecule has 0 spiro atoms. The Morgan fingerprint density at radius 2 is 1.94 bits per heavy atom. The third-order valence-corrected chi connectivity index (χ3v) is 2.64. The maximum absolute atomic E-state index is 11.4. The lowest BCUT2D eigenvalue weighted by atomic mass is 10.2. The van der Waals surface area contributed by atoms with Gasteiger partial charge in [-0.25, -0.2) is 9.69 Å². The van der Waals surface area contributed by atoms with E-state index in [0.29, 0.717) is 5.02 Å². The Hall–Kier alpha value is -1.88. The first kappa shape index (κ1) is 10.6. The summed E-state index contributed by atoms with van der Waals surface area (Å²) in [5.74, 6) is -1.83. The fourth-order valence-corrected chi connectivity index (χ4v) is 1.53. The Balaban J connectivity index is 2.45. The van der Waals surface area contributed by atoms with Crippen LogP contribution in [0.4, 0.5) is 10.5 Å². The summed E-state index contributed by atoms with van der Waals surface area (Å²) in [5.41, 5.74) is 1.10. The van der Waals surface area contributed by atoms with Crippen molar-refractivity contribution in [2.45, 2.75) is 6.92 Å². The normalized spacial score (nSPS) is 15.6. The number of carbonyl (C=O) groups is 3. The van der Waals surface area contributed by atoms with Crippen molar-refractivity contribution in [1.82, 2.24) is 5.32 Å². The number of amides is 4. The summed E-state index contributed by atoms with van der Waals surface area (Å²) in [6.45, 7) is 1.79. The molecule has 1 aromatic rings. The highest BCUT2D eigenvalue weighted by Gasteiger charge is 2.38. The average Bonchev–Trinajstić information content (AvgIpc) is 2.47. The molecule has 16 heavy (non-hydrogen) atoms. The molecule has 0 bridgehead atoms. The standard InChI is InChI=1S/C10H7ClN2O3/c1-5-2-3-6(4-7(5)11)13-9(15)8(14)12-10(13)16/h2-4H,1H3,(H,12,14,16). The van der Waals surface area contributed by atoms with E-state index in [1.54, 1.807) is 19.1 Å². The zero-order valence-corrected chi connectivity index (χ0v) is 9.04. The molecule has 4 amide bonds. The first-order chi connectivity index (χ1) is 7.50. The molecular formula is C10H7ClN2O3. The summed E-state index contributed by atoms with van der Waals surface area (Å²) in [4.78, 5) is 34.4. The van der Waals surface area contributed by atoms with Crippen LogP contribution < -0.4 is 10.2 Å². The predicted molar refractivity (Wildman–Crippen MR) is 57.2 cm³/mol. The molecule has 2 rings (SSSR count). The lowest BCUT2D eigenvalue weighted by Gasteiger charge is -2.12. The van der Waals surface area contributed by atoms with Crippen molar-refractivity contribution in [3.63, 3.8) is 0 Å². The predicted octanol–water partition coefficient (Wildman–Crippen LogP) is 1.23. The Bertz CT molecular complexity index is 513. The summed E-state index contributed by atoms with van der Waals surface area (Å²) in [7, 11) is 0. The van der Waals surface area contributed by atoms with E-state index in [0.717, 1.165) is 10.5 Å². The van der Waals surface area contributed by atoms with Crippen LogP contribution >= 0.6 is 11.6 Å². The monoisotopic (exact) mass is 238 g/mol. The Morgan fingerprint density at radius 3 is 2.44 bits per heavy atom. The highest BCUT2D eigenvalue weighted by Crippen LogP contribution is 2.24. The first-order valence-electron chi connectivity index (χ1n) is 4.46. The second-order valence-electron chi connectivity index (χ2n) is 3.33. The molecule has 1 aromatic carbocycles. The van der Waals surface area contributed by atoms with Crippen LogP contribution in [0.3, 0.4) is 0 Å². The first-order valence-corrected chi connectivity index (χ1v) is 4.84. The second kappa shape index (κ2) is 3.61. The van der Waals surface area contributed by atoms with Crippen molar-refractivity contribution in [2.24, 2.45) is 0 Å². The molecule has 0 radical (unpaired) electrons. The van der Waals surface area contributed by atoms with Gasteiger partial charge in [-0.1, -0.05) is 17.7 Å². The van der Waals surface area contributed by atoms with E-state index in [-0.39, 0.29) is 5.69 Å². The number of nitrogens with one attached hydrogen (secondary N) is 1. The lowest BCUT2D eigenvalue weighted by Crippen LogP contribution is -2.30. The fourth-order valence-electron chi connectivity index (χ4n) is 1.36. The number of aryl methyl sites for hydroxylation is 1. The maximum Gasteiger partial charge on any atom is 0.336 e. The molecule has 1 heterocycles. The van der Waals surface area contributed by atoms with E-state index in [9.17, 15) is 14.4 Å². The summed E-state index contributed by atoms with van der Waals surface area (Å²) >= 11 is 5.87. The van der Waals surface area contributed by atoms with Crippen molar-refractivity contribution >= 4 is 35.1 Å². The topological polar surface area (TPSA) is 66.5 Å². The van der Waals surface area contributed by atoms with E-state index >= 15 is 0 Å². The number of halogens is 1.